The molecule has 3 rings (SSSR count). The molecule has 6 N–H and O–H groups in total. The molecule has 1 fully saturated rings. The Hall–Kier alpha value is -2.13. The Labute approximate surface area is 180 Å². The summed E-state index contributed by atoms with van der Waals surface area (Å²) in [6, 6.07) is 3.96. The predicted octanol–water partition coefficient (Wildman–Crippen LogP) is 1.79. The van der Waals surface area contributed by atoms with Crippen LogP contribution in [-0.2, 0) is 10.2 Å². The zero-order chi connectivity index (χ0) is 21.7. The summed E-state index contributed by atoms with van der Waals surface area (Å²) in [4.78, 5) is 4.20. The Morgan fingerprint density at radius 1 is 1.33 bits per heavy atom. The molecule has 0 spiro atoms. The summed E-state index contributed by atoms with van der Waals surface area (Å²) in [7, 11) is -3.70. The summed E-state index contributed by atoms with van der Waals surface area (Å²) < 4.78 is 43.1. The van der Waals surface area contributed by atoms with E-state index < -0.39 is 16.0 Å². The number of anilines is 1. The highest BCUT2D eigenvalue weighted by molar-refractivity contribution is 9.10. The maximum absolute atomic E-state index is 13.4. The van der Waals surface area contributed by atoms with Crippen LogP contribution in [0.25, 0.3) is 0 Å². The lowest BCUT2D eigenvalue weighted by molar-refractivity contribution is 0.234. The van der Waals surface area contributed by atoms with Gasteiger partial charge in [-0.15, -0.1) is 0 Å². The van der Waals surface area contributed by atoms with Crippen molar-refractivity contribution >= 4 is 43.5 Å². The fourth-order valence-corrected chi connectivity index (χ4v) is 4.30. The number of hydrogen-bond donors (Lipinski definition) is 5. The number of hydroxylamine groups is 1. The number of aliphatic imine (C=N–C) groups is 1. The van der Waals surface area contributed by atoms with E-state index in [0.717, 1.165) is 12.8 Å². The van der Waals surface area contributed by atoms with Gasteiger partial charge in [-0.05, 0) is 76.0 Å². The van der Waals surface area contributed by atoms with Gasteiger partial charge in [0.05, 0.1) is 10.2 Å². The van der Waals surface area contributed by atoms with Gasteiger partial charge in [0.15, 0.2) is 11.5 Å². The van der Waals surface area contributed by atoms with E-state index in [1.807, 2.05) is 5.48 Å². The van der Waals surface area contributed by atoms with Gasteiger partial charge in [-0.2, -0.15) is 13.1 Å². The molecule has 1 aromatic carbocycles. The van der Waals surface area contributed by atoms with Gasteiger partial charge in [0.25, 0.3) is 10.2 Å². The normalized spacial score (nSPS) is 20.2. The summed E-state index contributed by atoms with van der Waals surface area (Å²) in [5.74, 6) is 0.0927. The lowest BCUT2D eigenvalue weighted by atomic mass is 9.86. The molecule has 0 amide bonds. The molecule has 11 nitrogen and oxygen atoms in total. The van der Waals surface area contributed by atoms with Crippen LogP contribution in [0.3, 0.4) is 0 Å². The molecule has 164 valence electrons. The van der Waals surface area contributed by atoms with Crippen molar-refractivity contribution in [2.75, 3.05) is 11.9 Å². The largest absolute Gasteiger partial charge is 0.365 e. The standard InChI is InChI=1S/C16H21BrFN7O4S/c17-12-7-11(5-6-13(12)18)21-16(22-26)14-15(24-29-23-14)20-8-9-1-3-10(4-2-9)25-30(19,27)28/h5-7,9-10,25-26H,1-4,8H2,(H,20,24)(H,21,22)(H2,19,27,28). The molecule has 0 atom stereocenters. The Morgan fingerprint density at radius 2 is 2.07 bits per heavy atom. The highest BCUT2D eigenvalue weighted by Crippen LogP contribution is 2.26. The fraction of sp³-hybridized carbons (Fsp3) is 0.438. The van der Waals surface area contributed by atoms with Crippen molar-refractivity contribution in [2.24, 2.45) is 16.0 Å². The Bertz CT molecular complexity index is 1010. The SMILES string of the molecule is NS(=O)(=O)NC1CCC(CNc2nonc2C(=Nc2ccc(F)c(Br)c2)NO)CC1. The maximum Gasteiger partial charge on any atom is 0.274 e. The zero-order valence-corrected chi connectivity index (χ0v) is 18.1. The molecule has 14 heteroatoms. The van der Waals surface area contributed by atoms with Gasteiger partial charge in [0.2, 0.25) is 5.82 Å². The number of nitrogens with two attached hydrogens (primary N) is 1. The number of aromatic nitrogens is 2. The van der Waals surface area contributed by atoms with E-state index in [4.69, 9.17) is 9.77 Å². The molecule has 0 radical (unpaired) electrons. The highest BCUT2D eigenvalue weighted by Gasteiger charge is 2.24. The summed E-state index contributed by atoms with van der Waals surface area (Å²) in [6.07, 6.45) is 2.95. The number of amidine groups is 1. The first-order chi connectivity index (χ1) is 14.2. The first-order valence-corrected chi connectivity index (χ1v) is 11.4. The second-order valence-corrected chi connectivity index (χ2v) is 9.07. The van der Waals surface area contributed by atoms with E-state index in [0.29, 0.717) is 25.1 Å². The minimum Gasteiger partial charge on any atom is -0.365 e. The molecule has 1 heterocycles. The van der Waals surface area contributed by atoms with Gasteiger partial charge in [-0.1, -0.05) is 0 Å². The molecule has 0 unspecified atom stereocenters. The number of nitrogens with zero attached hydrogens (tertiary/aromatic N) is 3. The summed E-state index contributed by atoms with van der Waals surface area (Å²) in [5.41, 5.74) is 2.48. The quantitative estimate of drug-likeness (QED) is 0.215. The number of halogens is 2. The van der Waals surface area contributed by atoms with Crippen LogP contribution in [0.15, 0.2) is 32.3 Å². The van der Waals surface area contributed by atoms with Gasteiger partial charge < -0.3 is 5.32 Å². The molecule has 0 aliphatic heterocycles. The van der Waals surface area contributed by atoms with E-state index in [-0.39, 0.29) is 33.8 Å². The number of nitrogens with one attached hydrogen (secondary N) is 3. The number of rotatable bonds is 7. The zero-order valence-electron chi connectivity index (χ0n) is 15.7. The van der Waals surface area contributed by atoms with E-state index in [9.17, 15) is 18.0 Å². The molecule has 0 bridgehead atoms. The van der Waals surface area contributed by atoms with E-state index in [1.54, 1.807) is 0 Å². The summed E-state index contributed by atoms with van der Waals surface area (Å²) in [5, 5.41) is 25.2. The molecule has 30 heavy (non-hydrogen) atoms. The average Bonchev–Trinajstić information content (AvgIpc) is 3.15. The fourth-order valence-electron chi connectivity index (χ4n) is 3.23. The lowest BCUT2D eigenvalue weighted by Crippen LogP contribution is -2.41. The molecule has 1 aliphatic carbocycles. The summed E-state index contributed by atoms with van der Waals surface area (Å²) >= 11 is 3.08. The third-order valence-corrected chi connectivity index (χ3v) is 5.97. The molecule has 0 saturated heterocycles. The second-order valence-electron chi connectivity index (χ2n) is 6.89. The molecular formula is C16H21BrFN7O4S. The minimum atomic E-state index is -3.70. The van der Waals surface area contributed by atoms with Crippen LogP contribution in [0.5, 0.6) is 0 Å². The summed E-state index contributed by atoms with van der Waals surface area (Å²) in [6.45, 7) is 0.546. The minimum absolute atomic E-state index is 0.0293. The van der Waals surface area contributed by atoms with Crippen molar-refractivity contribution in [3.63, 3.8) is 0 Å². The molecule has 1 saturated carbocycles. The predicted molar refractivity (Wildman–Crippen MR) is 110 cm³/mol. The van der Waals surface area contributed by atoms with Gasteiger partial charge in [0, 0.05) is 12.6 Å². The van der Waals surface area contributed by atoms with Crippen LogP contribution in [0, 0.1) is 11.7 Å². The topological polar surface area (TPSA) is 168 Å². The van der Waals surface area contributed by atoms with Gasteiger partial charge in [-0.25, -0.2) is 19.2 Å². The van der Waals surface area contributed by atoms with Gasteiger partial charge in [0.1, 0.15) is 5.82 Å². The molecule has 1 aromatic heterocycles. The van der Waals surface area contributed by atoms with Gasteiger partial charge >= 0.3 is 0 Å². The van der Waals surface area contributed by atoms with Crippen molar-refractivity contribution in [1.29, 1.82) is 0 Å². The Morgan fingerprint density at radius 3 is 2.70 bits per heavy atom. The van der Waals surface area contributed by atoms with Crippen LogP contribution in [0.2, 0.25) is 0 Å². The molecule has 2 aromatic rings. The lowest BCUT2D eigenvalue weighted by Gasteiger charge is -2.28. The van der Waals surface area contributed by atoms with Crippen LogP contribution in [-0.4, -0.2) is 42.4 Å². The third-order valence-electron chi connectivity index (χ3n) is 4.70. The molecular weight excluding hydrogens is 485 g/mol. The Kier molecular flexibility index (Phi) is 7.36. The van der Waals surface area contributed by atoms with Crippen LogP contribution in [0.1, 0.15) is 31.4 Å². The van der Waals surface area contributed by atoms with Crippen molar-refractivity contribution in [2.45, 2.75) is 31.7 Å². The number of benzene rings is 1. The molecule has 1 aliphatic rings. The number of hydrogen-bond acceptors (Lipinski definition) is 8. The van der Waals surface area contributed by atoms with Crippen molar-refractivity contribution in [3.8, 4) is 0 Å². The van der Waals surface area contributed by atoms with Crippen molar-refractivity contribution in [3.05, 3.63) is 34.2 Å². The van der Waals surface area contributed by atoms with Crippen LogP contribution < -0.4 is 20.7 Å². The smallest absolute Gasteiger partial charge is 0.274 e. The van der Waals surface area contributed by atoms with E-state index >= 15 is 0 Å². The van der Waals surface area contributed by atoms with E-state index in [1.165, 1.54) is 18.2 Å². The average molecular weight is 506 g/mol. The Balaban J connectivity index is 1.62. The monoisotopic (exact) mass is 505 g/mol. The van der Waals surface area contributed by atoms with Crippen LogP contribution >= 0.6 is 15.9 Å². The van der Waals surface area contributed by atoms with E-state index in [2.05, 4.69) is 41.3 Å². The van der Waals surface area contributed by atoms with Crippen LogP contribution in [0.4, 0.5) is 15.9 Å². The van der Waals surface area contributed by atoms with Crippen molar-refractivity contribution < 1.29 is 22.6 Å². The van der Waals surface area contributed by atoms with Crippen molar-refractivity contribution in [1.82, 2.24) is 20.5 Å². The highest BCUT2D eigenvalue weighted by atomic mass is 79.9. The maximum atomic E-state index is 13.4. The first-order valence-electron chi connectivity index (χ1n) is 9.06. The first kappa shape index (κ1) is 22.6. The second kappa shape index (κ2) is 9.78. The third kappa shape index (κ3) is 6.18. The van der Waals surface area contributed by atoms with Gasteiger partial charge in [-0.3, -0.25) is 10.7 Å².